The van der Waals surface area contributed by atoms with E-state index in [1.54, 1.807) is 6.26 Å². The van der Waals surface area contributed by atoms with Crippen molar-refractivity contribution < 1.29 is 4.52 Å². The van der Waals surface area contributed by atoms with Crippen LogP contribution in [0.15, 0.2) is 29.0 Å². The van der Waals surface area contributed by atoms with E-state index in [0.29, 0.717) is 0 Å². The first kappa shape index (κ1) is 5.47. The van der Waals surface area contributed by atoms with Gasteiger partial charge in [-0.25, -0.2) is 0 Å². The van der Waals surface area contributed by atoms with Gasteiger partial charge < -0.3 is 4.52 Å². The molecule has 2 heteroatoms. The van der Waals surface area contributed by atoms with Crippen molar-refractivity contribution in [3.05, 3.63) is 35.7 Å². The highest BCUT2D eigenvalue weighted by molar-refractivity contribution is 5.53. The van der Waals surface area contributed by atoms with Gasteiger partial charge in [-0.2, -0.15) is 0 Å². The molecule has 0 saturated heterocycles. The zero-order valence-corrected chi connectivity index (χ0v) is 5.45. The summed E-state index contributed by atoms with van der Waals surface area (Å²) in [5.41, 5.74) is 2.11. The molecule has 0 bridgehead atoms. The van der Waals surface area contributed by atoms with Crippen LogP contribution in [0.25, 0.3) is 6.08 Å². The predicted octanol–water partition coefficient (Wildman–Crippen LogP) is 1.80. The summed E-state index contributed by atoms with van der Waals surface area (Å²) in [4.78, 5) is 0. The molecule has 0 radical (unpaired) electrons. The first-order valence-electron chi connectivity index (χ1n) is 3.23. The summed E-state index contributed by atoms with van der Waals surface area (Å²) in [5, 5.41) is 3.84. The van der Waals surface area contributed by atoms with Crippen LogP contribution < -0.4 is 0 Å². The zero-order chi connectivity index (χ0) is 6.81. The fourth-order valence-corrected chi connectivity index (χ4v) is 0.976. The van der Waals surface area contributed by atoms with Crippen molar-refractivity contribution in [2.24, 2.45) is 0 Å². The maximum atomic E-state index is 4.79. The van der Waals surface area contributed by atoms with Gasteiger partial charge in [0.25, 0.3) is 0 Å². The largest absolute Gasteiger partial charge is 0.364 e. The van der Waals surface area contributed by atoms with Crippen LogP contribution in [0.4, 0.5) is 0 Å². The Balaban J connectivity index is 2.50. The monoisotopic (exact) mass is 133 g/mol. The zero-order valence-electron chi connectivity index (χ0n) is 5.45. The highest BCUT2D eigenvalue weighted by Crippen LogP contribution is 2.12. The van der Waals surface area contributed by atoms with Gasteiger partial charge in [-0.05, 0) is 6.08 Å². The van der Waals surface area contributed by atoms with Crippen LogP contribution in [-0.4, -0.2) is 5.16 Å². The van der Waals surface area contributed by atoms with Crippen molar-refractivity contribution in [2.45, 2.75) is 6.42 Å². The molecule has 0 N–H and O–H groups in total. The molecular formula is C8H7NO. The Morgan fingerprint density at radius 2 is 2.40 bits per heavy atom. The summed E-state index contributed by atoms with van der Waals surface area (Å²) in [6.07, 6.45) is 10.6. The van der Waals surface area contributed by atoms with Crippen LogP contribution in [0.2, 0.25) is 0 Å². The third-order valence-electron chi connectivity index (χ3n) is 1.51. The molecule has 2 rings (SSSR count). The molecule has 0 unspecified atom stereocenters. The Kier molecular flexibility index (Phi) is 1.17. The average Bonchev–Trinajstić information content (AvgIpc) is 2.28. The van der Waals surface area contributed by atoms with E-state index < -0.39 is 0 Å². The van der Waals surface area contributed by atoms with E-state index in [1.165, 1.54) is 0 Å². The van der Waals surface area contributed by atoms with Crippen molar-refractivity contribution in [2.75, 3.05) is 0 Å². The second-order valence-electron chi connectivity index (χ2n) is 2.21. The fraction of sp³-hybridized carbons (Fsp3) is 0.125. The number of fused-ring (bicyclic) bond motifs is 1. The van der Waals surface area contributed by atoms with Crippen LogP contribution >= 0.6 is 0 Å². The van der Waals surface area contributed by atoms with Crippen molar-refractivity contribution in [3.8, 4) is 0 Å². The lowest BCUT2D eigenvalue weighted by Crippen LogP contribution is -1.80. The van der Waals surface area contributed by atoms with E-state index in [-0.39, 0.29) is 0 Å². The molecule has 0 aromatic carbocycles. The molecule has 0 spiro atoms. The molecule has 1 heterocycles. The Labute approximate surface area is 58.8 Å². The smallest absolute Gasteiger partial charge is 0.131 e. The van der Waals surface area contributed by atoms with Gasteiger partial charge in [-0.15, -0.1) is 0 Å². The fourth-order valence-electron chi connectivity index (χ4n) is 0.976. The molecule has 2 nitrogen and oxygen atoms in total. The molecule has 1 aromatic heterocycles. The number of rotatable bonds is 0. The van der Waals surface area contributed by atoms with E-state index in [2.05, 4.69) is 11.2 Å². The molecule has 0 fully saturated rings. The molecule has 0 aliphatic heterocycles. The van der Waals surface area contributed by atoms with Gasteiger partial charge in [0, 0.05) is 12.0 Å². The first-order valence-corrected chi connectivity index (χ1v) is 3.23. The lowest BCUT2D eigenvalue weighted by molar-refractivity contribution is 0.413. The van der Waals surface area contributed by atoms with Gasteiger partial charge in [0.1, 0.15) is 6.26 Å². The van der Waals surface area contributed by atoms with E-state index >= 15 is 0 Å². The van der Waals surface area contributed by atoms with Gasteiger partial charge >= 0.3 is 0 Å². The van der Waals surface area contributed by atoms with Crippen molar-refractivity contribution in [1.82, 2.24) is 5.16 Å². The molecule has 10 heavy (non-hydrogen) atoms. The Morgan fingerprint density at radius 3 is 3.40 bits per heavy atom. The second-order valence-corrected chi connectivity index (χ2v) is 2.21. The minimum absolute atomic E-state index is 0.874. The van der Waals surface area contributed by atoms with Crippen molar-refractivity contribution in [1.29, 1.82) is 0 Å². The molecule has 1 aliphatic carbocycles. The van der Waals surface area contributed by atoms with E-state index in [9.17, 15) is 0 Å². The predicted molar refractivity (Wildman–Crippen MR) is 38.4 cm³/mol. The normalized spacial score (nSPS) is 14.8. The third-order valence-corrected chi connectivity index (χ3v) is 1.51. The second kappa shape index (κ2) is 2.14. The van der Waals surface area contributed by atoms with Gasteiger partial charge in [0.2, 0.25) is 0 Å². The van der Waals surface area contributed by atoms with E-state index in [0.717, 1.165) is 17.7 Å². The maximum absolute atomic E-state index is 4.79. The number of nitrogens with zero attached hydrogens (tertiary/aromatic N) is 1. The highest BCUT2D eigenvalue weighted by Gasteiger charge is 2.02. The lowest BCUT2D eigenvalue weighted by atomic mass is 10.2. The molecule has 0 atom stereocenters. The average molecular weight is 133 g/mol. The van der Waals surface area contributed by atoms with Gasteiger partial charge in [-0.1, -0.05) is 23.4 Å². The van der Waals surface area contributed by atoms with Crippen LogP contribution in [0, 0.1) is 0 Å². The quantitative estimate of drug-likeness (QED) is 0.539. The first-order chi connectivity index (χ1) is 4.97. The SMILES string of the molecule is C1=CCc2nocc2C=C1. The third kappa shape index (κ3) is 0.778. The maximum Gasteiger partial charge on any atom is 0.131 e. The lowest BCUT2D eigenvalue weighted by Gasteiger charge is -1.84. The molecule has 0 amide bonds. The topological polar surface area (TPSA) is 26.0 Å². The van der Waals surface area contributed by atoms with Gasteiger partial charge in [0.05, 0.1) is 5.69 Å². The summed E-state index contributed by atoms with van der Waals surface area (Å²) < 4.78 is 4.79. The van der Waals surface area contributed by atoms with Gasteiger partial charge in [-0.3, -0.25) is 0 Å². The summed E-state index contributed by atoms with van der Waals surface area (Å²) in [7, 11) is 0. The highest BCUT2D eigenvalue weighted by atomic mass is 16.5. The molecule has 0 saturated carbocycles. The van der Waals surface area contributed by atoms with Crippen LogP contribution in [0.5, 0.6) is 0 Å². The number of aromatic nitrogens is 1. The van der Waals surface area contributed by atoms with Crippen LogP contribution in [0.1, 0.15) is 11.3 Å². The van der Waals surface area contributed by atoms with Crippen molar-refractivity contribution >= 4 is 6.08 Å². The number of hydrogen-bond donors (Lipinski definition) is 0. The van der Waals surface area contributed by atoms with Crippen LogP contribution in [0.3, 0.4) is 0 Å². The minimum atomic E-state index is 0.874. The Hall–Kier alpha value is -1.31. The molecule has 1 aliphatic rings. The van der Waals surface area contributed by atoms with E-state index in [4.69, 9.17) is 4.52 Å². The summed E-state index contributed by atoms with van der Waals surface area (Å²) in [6, 6.07) is 0. The summed E-state index contributed by atoms with van der Waals surface area (Å²) in [6.45, 7) is 0. The van der Waals surface area contributed by atoms with Gasteiger partial charge in [0.15, 0.2) is 0 Å². The minimum Gasteiger partial charge on any atom is -0.364 e. The molecule has 50 valence electrons. The van der Waals surface area contributed by atoms with Crippen LogP contribution in [-0.2, 0) is 6.42 Å². The van der Waals surface area contributed by atoms with Crippen molar-refractivity contribution in [3.63, 3.8) is 0 Å². The number of hydrogen-bond acceptors (Lipinski definition) is 2. The molecular weight excluding hydrogens is 126 g/mol. The summed E-state index contributed by atoms with van der Waals surface area (Å²) in [5.74, 6) is 0. The summed E-state index contributed by atoms with van der Waals surface area (Å²) >= 11 is 0. The number of allylic oxidation sites excluding steroid dienone is 3. The Bertz CT molecular complexity index is 283. The standard InChI is InChI=1S/C8H7NO/c1-2-4-7-6-10-9-8(7)5-3-1/h1-4,6H,5H2. The molecule has 1 aromatic rings. The Morgan fingerprint density at radius 1 is 1.40 bits per heavy atom. The van der Waals surface area contributed by atoms with E-state index in [1.807, 2.05) is 18.2 Å².